The van der Waals surface area contributed by atoms with Crippen LogP contribution < -0.4 is 14.8 Å². The largest absolute Gasteiger partial charge is 0.573 e. The van der Waals surface area contributed by atoms with Gasteiger partial charge >= 0.3 is 6.36 Å². The second-order valence-electron chi connectivity index (χ2n) is 7.91. The standard InChI is InChI=1S/C24H24F3NO2/c1-23(2,3)18-8-12-19(13-9-18)29-22-15-17(7-14-21(22)28-4)16-5-10-20(11-6-16)30-24(25,26)27/h5-15,28H,1-4H3. The minimum absolute atomic E-state index is 0.0522. The Balaban J connectivity index is 1.85. The maximum Gasteiger partial charge on any atom is 0.573 e. The molecule has 0 radical (unpaired) electrons. The average molecular weight is 415 g/mol. The van der Waals surface area contributed by atoms with E-state index in [0.29, 0.717) is 11.5 Å². The summed E-state index contributed by atoms with van der Waals surface area (Å²) in [7, 11) is 1.80. The molecule has 3 aromatic carbocycles. The number of benzene rings is 3. The van der Waals surface area contributed by atoms with Crippen molar-refractivity contribution in [3.63, 3.8) is 0 Å². The minimum Gasteiger partial charge on any atom is -0.455 e. The van der Waals surface area contributed by atoms with Gasteiger partial charge in [0, 0.05) is 7.05 Å². The summed E-state index contributed by atoms with van der Waals surface area (Å²) in [5.41, 5.74) is 3.62. The summed E-state index contributed by atoms with van der Waals surface area (Å²) < 4.78 is 47.1. The van der Waals surface area contributed by atoms with E-state index in [1.165, 1.54) is 17.7 Å². The molecule has 0 saturated carbocycles. The lowest BCUT2D eigenvalue weighted by molar-refractivity contribution is -0.274. The Morgan fingerprint density at radius 2 is 1.30 bits per heavy atom. The van der Waals surface area contributed by atoms with Crippen molar-refractivity contribution in [2.45, 2.75) is 32.5 Å². The third-order valence-electron chi connectivity index (χ3n) is 4.62. The summed E-state index contributed by atoms with van der Waals surface area (Å²) in [5, 5.41) is 3.10. The Bertz CT molecular complexity index is 989. The summed E-state index contributed by atoms with van der Waals surface area (Å²) >= 11 is 0. The number of rotatable bonds is 5. The van der Waals surface area contributed by atoms with Crippen LogP contribution in [0.2, 0.25) is 0 Å². The second kappa shape index (κ2) is 8.30. The van der Waals surface area contributed by atoms with Crippen molar-refractivity contribution >= 4 is 5.69 Å². The molecule has 0 atom stereocenters. The van der Waals surface area contributed by atoms with Gasteiger partial charge in [-0.3, -0.25) is 0 Å². The van der Waals surface area contributed by atoms with Crippen molar-refractivity contribution in [1.82, 2.24) is 0 Å². The van der Waals surface area contributed by atoms with Gasteiger partial charge in [-0.2, -0.15) is 0 Å². The van der Waals surface area contributed by atoms with Gasteiger partial charge < -0.3 is 14.8 Å². The summed E-state index contributed by atoms with van der Waals surface area (Å²) in [6.45, 7) is 6.45. The molecule has 3 rings (SSSR count). The fourth-order valence-electron chi connectivity index (χ4n) is 2.99. The Hall–Kier alpha value is -3.15. The molecular formula is C24H24F3NO2. The number of ether oxygens (including phenoxy) is 2. The van der Waals surface area contributed by atoms with E-state index in [4.69, 9.17) is 4.74 Å². The predicted octanol–water partition coefficient (Wildman–Crippen LogP) is 7.38. The van der Waals surface area contributed by atoms with Crippen LogP contribution in [0.5, 0.6) is 17.2 Å². The van der Waals surface area contributed by atoms with Gasteiger partial charge in [0.15, 0.2) is 5.75 Å². The molecule has 0 unspecified atom stereocenters. The molecule has 1 N–H and O–H groups in total. The van der Waals surface area contributed by atoms with Crippen molar-refractivity contribution in [2.75, 3.05) is 12.4 Å². The second-order valence-corrected chi connectivity index (χ2v) is 7.91. The Labute approximate surface area is 174 Å². The molecule has 0 amide bonds. The van der Waals surface area contributed by atoms with E-state index in [1.807, 2.05) is 42.5 Å². The van der Waals surface area contributed by atoms with Crippen LogP contribution >= 0.6 is 0 Å². The zero-order valence-corrected chi connectivity index (χ0v) is 17.3. The van der Waals surface area contributed by atoms with Crippen molar-refractivity contribution < 1.29 is 22.6 Å². The predicted molar refractivity (Wildman–Crippen MR) is 113 cm³/mol. The van der Waals surface area contributed by atoms with Crippen LogP contribution in [0.4, 0.5) is 18.9 Å². The van der Waals surface area contributed by atoms with Gasteiger partial charge in [-0.05, 0) is 58.5 Å². The first-order valence-corrected chi connectivity index (χ1v) is 9.51. The minimum atomic E-state index is -4.71. The molecule has 3 aromatic rings. The molecule has 0 aliphatic rings. The van der Waals surface area contributed by atoms with Crippen LogP contribution in [0.15, 0.2) is 66.7 Å². The average Bonchev–Trinajstić information content (AvgIpc) is 2.67. The van der Waals surface area contributed by atoms with Crippen molar-refractivity contribution in [1.29, 1.82) is 0 Å². The van der Waals surface area contributed by atoms with Gasteiger partial charge in [-0.1, -0.05) is 51.1 Å². The summed E-state index contributed by atoms with van der Waals surface area (Å²) in [6, 6.07) is 19.3. The van der Waals surface area contributed by atoms with E-state index >= 15 is 0 Å². The lowest BCUT2D eigenvalue weighted by Crippen LogP contribution is -2.16. The topological polar surface area (TPSA) is 30.5 Å². The van der Waals surface area contributed by atoms with Crippen LogP contribution in [-0.2, 0) is 5.41 Å². The van der Waals surface area contributed by atoms with E-state index < -0.39 is 6.36 Å². The molecule has 3 nitrogen and oxygen atoms in total. The third-order valence-corrected chi connectivity index (χ3v) is 4.62. The number of alkyl halides is 3. The van der Waals surface area contributed by atoms with Crippen LogP contribution in [0.1, 0.15) is 26.3 Å². The molecule has 0 aromatic heterocycles. The molecule has 0 heterocycles. The smallest absolute Gasteiger partial charge is 0.455 e. The Morgan fingerprint density at radius 1 is 0.733 bits per heavy atom. The molecule has 0 fully saturated rings. The zero-order valence-electron chi connectivity index (χ0n) is 17.3. The fraction of sp³-hybridized carbons (Fsp3) is 0.250. The van der Waals surface area contributed by atoms with Crippen LogP contribution in [0, 0.1) is 0 Å². The Morgan fingerprint density at radius 3 is 1.83 bits per heavy atom. The molecule has 0 aliphatic carbocycles. The SMILES string of the molecule is CNc1ccc(-c2ccc(OC(F)(F)F)cc2)cc1Oc1ccc(C(C)(C)C)cc1. The highest BCUT2D eigenvalue weighted by molar-refractivity contribution is 5.71. The molecule has 30 heavy (non-hydrogen) atoms. The van der Waals surface area contributed by atoms with Gasteiger partial charge in [0.1, 0.15) is 11.5 Å². The quantitative estimate of drug-likeness (QED) is 0.471. The number of nitrogens with one attached hydrogen (secondary N) is 1. The van der Waals surface area contributed by atoms with Gasteiger partial charge in [0.2, 0.25) is 0 Å². The summed E-state index contributed by atoms with van der Waals surface area (Å²) in [6.07, 6.45) is -4.71. The van der Waals surface area contributed by atoms with Gasteiger partial charge in [0.05, 0.1) is 5.69 Å². The lowest BCUT2D eigenvalue weighted by atomic mass is 9.87. The highest BCUT2D eigenvalue weighted by atomic mass is 19.4. The Kier molecular flexibility index (Phi) is 5.97. The number of hydrogen-bond donors (Lipinski definition) is 1. The van der Waals surface area contributed by atoms with E-state index in [2.05, 4.69) is 30.8 Å². The maximum absolute atomic E-state index is 12.4. The summed E-state index contributed by atoms with van der Waals surface area (Å²) in [5.74, 6) is 1.06. The maximum atomic E-state index is 12.4. The highest BCUT2D eigenvalue weighted by Crippen LogP contribution is 2.35. The molecule has 6 heteroatoms. The lowest BCUT2D eigenvalue weighted by Gasteiger charge is -2.19. The third kappa shape index (κ3) is 5.47. The molecular weight excluding hydrogens is 391 g/mol. The van der Waals surface area contributed by atoms with Crippen molar-refractivity contribution in [3.05, 3.63) is 72.3 Å². The first kappa shape index (κ1) is 21.6. The van der Waals surface area contributed by atoms with E-state index in [1.54, 1.807) is 19.2 Å². The molecule has 0 spiro atoms. The highest BCUT2D eigenvalue weighted by Gasteiger charge is 2.31. The van der Waals surface area contributed by atoms with Gasteiger partial charge in [-0.15, -0.1) is 13.2 Å². The van der Waals surface area contributed by atoms with Crippen molar-refractivity contribution in [3.8, 4) is 28.4 Å². The first-order valence-electron chi connectivity index (χ1n) is 9.51. The normalized spacial score (nSPS) is 11.8. The molecule has 0 saturated heterocycles. The van der Waals surface area contributed by atoms with Gasteiger partial charge in [0.25, 0.3) is 0 Å². The monoisotopic (exact) mass is 415 g/mol. The van der Waals surface area contributed by atoms with E-state index in [-0.39, 0.29) is 11.2 Å². The fourth-order valence-corrected chi connectivity index (χ4v) is 2.99. The first-order chi connectivity index (χ1) is 14.0. The number of halogens is 3. The van der Waals surface area contributed by atoms with Crippen LogP contribution in [0.25, 0.3) is 11.1 Å². The van der Waals surface area contributed by atoms with Crippen molar-refractivity contribution in [2.24, 2.45) is 0 Å². The van der Waals surface area contributed by atoms with E-state index in [9.17, 15) is 13.2 Å². The molecule has 0 aliphatic heterocycles. The van der Waals surface area contributed by atoms with Crippen LogP contribution in [0.3, 0.4) is 0 Å². The molecule has 158 valence electrons. The number of anilines is 1. The van der Waals surface area contributed by atoms with Crippen LogP contribution in [-0.4, -0.2) is 13.4 Å². The number of hydrogen-bond acceptors (Lipinski definition) is 3. The zero-order chi connectivity index (χ0) is 21.9. The molecule has 0 bridgehead atoms. The summed E-state index contributed by atoms with van der Waals surface area (Å²) in [4.78, 5) is 0. The van der Waals surface area contributed by atoms with E-state index in [0.717, 1.165) is 16.8 Å². The van der Waals surface area contributed by atoms with Gasteiger partial charge in [-0.25, -0.2) is 0 Å².